The summed E-state index contributed by atoms with van der Waals surface area (Å²) in [6.45, 7) is 2.81. The first kappa shape index (κ1) is 12.3. The van der Waals surface area contributed by atoms with Crippen molar-refractivity contribution in [1.82, 2.24) is 20.1 Å². The van der Waals surface area contributed by atoms with Crippen LogP contribution in [0.15, 0.2) is 36.7 Å². The maximum atomic E-state index is 4.50. The van der Waals surface area contributed by atoms with Crippen LogP contribution >= 0.6 is 0 Å². The van der Waals surface area contributed by atoms with Crippen LogP contribution in [-0.4, -0.2) is 28.4 Å². The van der Waals surface area contributed by atoms with Gasteiger partial charge in [0.2, 0.25) is 0 Å². The van der Waals surface area contributed by atoms with E-state index in [4.69, 9.17) is 0 Å². The Morgan fingerprint density at radius 1 is 1.19 bits per heavy atom. The zero-order valence-electron chi connectivity index (χ0n) is 11.9. The molecular weight excluding hydrogens is 262 g/mol. The van der Waals surface area contributed by atoms with Crippen LogP contribution in [0.4, 0.5) is 5.82 Å². The molecule has 106 valence electrons. The summed E-state index contributed by atoms with van der Waals surface area (Å²) < 4.78 is 2.10. The number of fused-ring (bicyclic) bond motifs is 2. The second-order valence-electron chi connectivity index (χ2n) is 5.29. The van der Waals surface area contributed by atoms with E-state index >= 15 is 0 Å². The summed E-state index contributed by atoms with van der Waals surface area (Å²) in [4.78, 5) is 4.35. The predicted octanol–water partition coefficient (Wildman–Crippen LogP) is 2.24. The van der Waals surface area contributed by atoms with E-state index in [0.29, 0.717) is 0 Å². The van der Waals surface area contributed by atoms with Crippen molar-refractivity contribution in [2.75, 3.05) is 18.9 Å². The summed E-state index contributed by atoms with van der Waals surface area (Å²) in [6.07, 6.45) is 3.88. The third-order valence-electron chi connectivity index (χ3n) is 4.03. The number of pyridine rings is 1. The molecule has 0 amide bonds. The Labute approximate surface area is 123 Å². The summed E-state index contributed by atoms with van der Waals surface area (Å²) in [6, 6.07) is 8.56. The summed E-state index contributed by atoms with van der Waals surface area (Å²) >= 11 is 0. The van der Waals surface area contributed by atoms with Crippen LogP contribution in [0.5, 0.6) is 0 Å². The number of benzene rings is 1. The molecule has 21 heavy (non-hydrogen) atoms. The molecule has 0 unspecified atom stereocenters. The second kappa shape index (κ2) is 4.86. The standard InChI is InChI=1S/C16H17N5/c1-17-16-7-13-6-11(2-3-12(13)8-19-16)14-9-20-21-5-4-18-10-15(14)21/h2-3,6-9,18H,4-5,10H2,1H3,(H,17,19). The van der Waals surface area contributed by atoms with Gasteiger partial charge in [0, 0.05) is 37.3 Å². The topological polar surface area (TPSA) is 54.8 Å². The zero-order valence-corrected chi connectivity index (χ0v) is 11.9. The van der Waals surface area contributed by atoms with Gasteiger partial charge in [-0.2, -0.15) is 5.10 Å². The van der Waals surface area contributed by atoms with E-state index in [9.17, 15) is 0 Å². The van der Waals surface area contributed by atoms with Crippen LogP contribution in [0.2, 0.25) is 0 Å². The predicted molar refractivity (Wildman–Crippen MR) is 84.2 cm³/mol. The highest BCUT2D eigenvalue weighted by Crippen LogP contribution is 2.28. The van der Waals surface area contributed by atoms with Gasteiger partial charge in [0.05, 0.1) is 18.4 Å². The highest BCUT2D eigenvalue weighted by Gasteiger charge is 2.15. The molecule has 0 atom stereocenters. The summed E-state index contributed by atoms with van der Waals surface area (Å²) in [5.41, 5.74) is 3.69. The van der Waals surface area contributed by atoms with Crippen LogP contribution in [-0.2, 0) is 13.1 Å². The molecule has 1 aliphatic rings. The Bertz CT molecular complexity index is 806. The number of hydrogen-bond donors (Lipinski definition) is 2. The molecule has 3 aromatic rings. The molecule has 0 spiro atoms. The van der Waals surface area contributed by atoms with E-state index in [0.717, 1.165) is 30.8 Å². The number of anilines is 1. The van der Waals surface area contributed by atoms with E-state index < -0.39 is 0 Å². The van der Waals surface area contributed by atoms with Gasteiger partial charge in [-0.3, -0.25) is 4.68 Å². The number of nitrogens with zero attached hydrogens (tertiary/aromatic N) is 3. The molecule has 5 nitrogen and oxygen atoms in total. The SMILES string of the molecule is CNc1cc2cc(-c3cnn4c3CNCC4)ccc2cn1. The summed E-state index contributed by atoms with van der Waals surface area (Å²) in [5.74, 6) is 0.887. The van der Waals surface area contributed by atoms with E-state index in [1.807, 2.05) is 19.4 Å². The molecule has 0 saturated carbocycles. The lowest BCUT2D eigenvalue weighted by Crippen LogP contribution is -2.28. The van der Waals surface area contributed by atoms with Gasteiger partial charge in [-0.1, -0.05) is 12.1 Å². The van der Waals surface area contributed by atoms with Crippen molar-refractivity contribution in [1.29, 1.82) is 0 Å². The van der Waals surface area contributed by atoms with Crippen molar-refractivity contribution < 1.29 is 0 Å². The maximum absolute atomic E-state index is 4.50. The largest absolute Gasteiger partial charge is 0.373 e. The zero-order chi connectivity index (χ0) is 14.2. The normalized spacial score (nSPS) is 14.1. The average Bonchev–Trinajstić information content (AvgIpc) is 2.98. The lowest BCUT2D eigenvalue weighted by atomic mass is 10.0. The molecule has 0 bridgehead atoms. The lowest BCUT2D eigenvalue weighted by Gasteiger charge is -2.16. The molecule has 0 fully saturated rings. The summed E-state index contributed by atoms with van der Waals surface area (Å²) in [5, 5.41) is 13.3. The Morgan fingerprint density at radius 3 is 3.05 bits per heavy atom. The van der Waals surface area contributed by atoms with Crippen molar-refractivity contribution >= 4 is 16.6 Å². The Hall–Kier alpha value is -2.40. The smallest absolute Gasteiger partial charge is 0.126 e. The van der Waals surface area contributed by atoms with Gasteiger partial charge in [0.1, 0.15) is 5.82 Å². The Morgan fingerprint density at radius 2 is 2.14 bits per heavy atom. The second-order valence-corrected chi connectivity index (χ2v) is 5.29. The average molecular weight is 279 g/mol. The molecule has 5 heteroatoms. The first-order chi connectivity index (χ1) is 10.3. The molecule has 2 aromatic heterocycles. The van der Waals surface area contributed by atoms with Crippen LogP contribution in [0.25, 0.3) is 21.9 Å². The van der Waals surface area contributed by atoms with Gasteiger partial charge in [-0.25, -0.2) is 4.98 Å². The van der Waals surface area contributed by atoms with Crippen molar-refractivity contribution in [3.05, 3.63) is 42.4 Å². The molecular formula is C16H17N5. The molecule has 0 saturated heterocycles. The van der Waals surface area contributed by atoms with Gasteiger partial charge in [0.25, 0.3) is 0 Å². The van der Waals surface area contributed by atoms with E-state index in [2.05, 4.69) is 49.7 Å². The fourth-order valence-electron chi connectivity index (χ4n) is 2.87. The number of nitrogens with one attached hydrogen (secondary N) is 2. The molecule has 1 aliphatic heterocycles. The van der Waals surface area contributed by atoms with Gasteiger partial charge >= 0.3 is 0 Å². The summed E-state index contributed by atoms with van der Waals surface area (Å²) in [7, 11) is 1.89. The monoisotopic (exact) mass is 279 g/mol. The fraction of sp³-hybridized carbons (Fsp3) is 0.250. The van der Waals surface area contributed by atoms with E-state index in [1.54, 1.807) is 0 Å². The van der Waals surface area contributed by atoms with Crippen molar-refractivity contribution in [2.45, 2.75) is 13.1 Å². The van der Waals surface area contributed by atoms with Crippen LogP contribution in [0.3, 0.4) is 0 Å². The highest BCUT2D eigenvalue weighted by molar-refractivity contribution is 5.88. The molecule has 2 N–H and O–H groups in total. The van der Waals surface area contributed by atoms with Gasteiger partial charge in [-0.05, 0) is 23.1 Å². The quantitative estimate of drug-likeness (QED) is 0.755. The minimum Gasteiger partial charge on any atom is -0.373 e. The minimum absolute atomic E-state index is 0.880. The number of rotatable bonds is 2. The van der Waals surface area contributed by atoms with Crippen LogP contribution in [0.1, 0.15) is 5.69 Å². The molecule has 4 rings (SSSR count). The maximum Gasteiger partial charge on any atom is 0.126 e. The Balaban J connectivity index is 1.84. The molecule has 0 aliphatic carbocycles. The van der Waals surface area contributed by atoms with Gasteiger partial charge in [-0.15, -0.1) is 0 Å². The van der Waals surface area contributed by atoms with Gasteiger partial charge < -0.3 is 10.6 Å². The van der Waals surface area contributed by atoms with Crippen molar-refractivity contribution in [2.24, 2.45) is 0 Å². The van der Waals surface area contributed by atoms with E-state index in [1.165, 1.54) is 22.2 Å². The number of aromatic nitrogens is 3. The third-order valence-corrected chi connectivity index (χ3v) is 4.03. The third kappa shape index (κ3) is 2.06. The first-order valence-electron chi connectivity index (χ1n) is 7.18. The highest BCUT2D eigenvalue weighted by atomic mass is 15.3. The number of hydrogen-bond acceptors (Lipinski definition) is 4. The Kier molecular flexibility index (Phi) is 2.86. The van der Waals surface area contributed by atoms with Crippen molar-refractivity contribution in [3.63, 3.8) is 0 Å². The van der Waals surface area contributed by atoms with Crippen LogP contribution < -0.4 is 10.6 Å². The molecule has 3 heterocycles. The molecule has 1 aromatic carbocycles. The van der Waals surface area contributed by atoms with Crippen LogP contribution in [0, 0.1) is 0 Å². The fourth-order valence-corrected chi connectivity index (χ4v) is 2.87. The minimum atomic E-state index is 0.880. The lowest BCUT2D eigenvalue weighted by molar-refractivity contribution is 0.476. The molecule has 0 radical (unpaired) electrons. The van der Waals surface area contributed by atoms with E-state index in [-0.39, 0.29) is 0 Å². The first-order valence-corrected chi connectivity index (χ1v) is 7.18. The van der Waals surface area contributed by atoms with Crippen molar-refractivity contribution in [3.8, 4) is 11.1 Å². The van der Waals surface area contributed by atoms with Gasteiger partial charge in [0.15, 0.2) is 0 Å².